The van der Waals surface area contributed by atoms with Gasteiger partial charge in [0.05, 0.1) is 18.3 Å². The molecule has 4 rings (SSSR count). The minimum Gasteiger partial charge on any atom is -0.493 e. The number of carbonyl (C=O) groups is 1. The highest BCUT2D eigenvalue weighted by molar-refractivity contribution is 7.21. The fourth-order valence-electron chi connectivity index (χ4n) is 3.05. The van der Waals surface area contributed by atoms with E-state index in [1.54, 1.807) is 37.4 Å². The van der Waals surface area contributed by atoms with Crippen molar-refractivity contribution >= 4 is 68.3 Å². The van der Waals surface area contributed by atoms with Crippen LogP contribution >= 0.6 is 46.1 Å². The lowest BCUT2D eigenvalue weighted by Gasteiger charge is -2.12. The Bertz CT molecular complexity index is 1350. The average Bonchev–Trinajstić information content (AvgIpc) is 3.15. The fourth-order valence-corrected chi connectivity index (χ4v) is 4.92. The normalized spacial score (nSPS) is 11.2. The number of fused-ring (bicyclic) bond motifs is 1. The van der Waals surface area contributed by atoms with Crippen molar-refractivity contribution in [2.75, 3.05) is 7.11 Å². The van der Waals surface area contributed by atoms with Gasteiger partial charge in [-0.25, -0.2) is 5.43 Å². The van der Waals surface area contributed by atoms with Gasteiger partial charge in [0.2, 0.25) is 0 Å². The standard InChI is InChI=1S/C24H17Cl3N2O3S/c1-31-20-10-14(6-9-19(20)32-13-15-7-8-16(25)11-18(15)26)12-28-29-24(30)23-22(27)17-4-2-3-5-21(17)33-23/h2-12H,13H2,1H3,(H,29,30)/b28-12+. The predicted molar refractivity (Wildman–Crippen MR) is 136 cm³/mol. The van der Waals surface area contributed by atoms with E-state index in [1.807, 2.05) is 30.3 Å². The first-order valence-electron chi connectivity index (χ1n) is 9.71. The summed E-state index contributed by atoms with van der Waals surface area (Å²) >= 11 is 19.8. The number of hydrazone groups is 1. The van der Waals surface area contributed by atoms with Crippen LogP contribution in [0.5, 0.6) is 11.5 Å². The largest absolute Gasteiger partial charge is 0.493 e. The van der Waals surface area contributed by atoms with E-state index in [0.29, 0.717) is 37.0 Å². The second-order valence-electron chi connectivity index (χ2n) is 6.88. The van der Waals surface area contributed by atoms with Gasteiger partial charge < -0.3 is 9.47 Å². The Morgan fingerprint density at radius 1 is 1.06 bits per heavy atom. The Balaban J connectivity index is 1.42. The highest BCUT2D eigenvalue weighted by Gasteiger charge is 2.16. The van der Waals surface area contributed by atoms with E-state index in [9.17, 15) is 4.79 Å². The van der Waals surface area contributed by atoms with E-state index >= 15 is 0 Å². The zero-order chi connectivity index (χ0) is 23.4. The lowest BCUT2D eigenvalue weighted by molar-refractivity contribution is 0.0959. The van der Waals surface area contributed by atoms with Crippen LogP contribution in [0.2, 0.25) is 15.1 Å². The van der Waals surface area contributed by atoms with Crippen molar-refractivity contribution in [3.63, 3.8) is 0 Å². The maximum Gasteiger partial charge on any atom is 0.283 e. The molecule has 0 atom stereocenters. The molecule has 0 saturated heterocycles. The van der Waals surface area contributed by atoms with Gasteiger partial charge in [-0.1, -0.05) is 59.1 Å². The lowest BCUT2D eigenvalue weighted by Crippen LogP contribution is -2.16. The van der Waals surface area contributed by atoms with E-state index in [2.05, 4.69) is 10.5 Å². The molecule has 1 heterocycles. The number of nitrogens with one attached hydrogen (secondary N) is 1. The van der Waals surface area contributed by atoms with Crippen molar-refractivity contribution in [3.8, 4) is 11.5 Å². The van der Waals surface area contributed by atoms with Crippen molar-refractivity contribution in [3.05, 3.63) is 91.7 Å². The number of nitrogens with zero attached hydrogens (tertiary/aromatic N) is 1. The minimum atomic E-state index is -0.371. The second-order valence-corrected chi connectivity index (χ2v) is 9.15. The van der Waals surface area contributed by atoms with E-state index in [0.717, 1.165) is 15.6 Å². The molecule has 0 radical (unpaired) electrons. The van der Waals surface area contributed by atoms with Crippen LogP contribution < -0.4 is 14.9 Å². The van der Waals surface area contributed by atoms with Crippen molar-refractivity contribution in [2.45, 2.75) is 6.61 Å². The monoisotopic (exact) mass is 518 g/mol. The van der Waals surface area contributed by atoms with Gasteiger partial charge in [0.1, 0.15) is 11.5 Å². The first-order chi connectivity index (χ1) is 16.0. The molecule has 0 aliphatic rings. The number of methoxy groups -OCH3 is 1. The fraction of sp³-hybridized carbons (Fsp3) is 0.0833. The first kappa shape index (κ1) is 23.4. The van der Waals surface area contributed by atoms with Gasteiger partial charge >= 0.3 is 0 Å². The molecular formula is C24H17Cl3N2O3S. The Hall–Kier alpha value is -2.77. The molecule has 0 bridgehead atoms. The summed E-state index contributed by atoms with van der Waals surface area (Å²) in [7, 11) is 1.55. The summed E-state index contributed by atoms with van der Waals surface area (Å²) in [5, 5.41) is 6.40. The van der Waals surface area contributed by atoms with Crippen LogP contribution in [0.15, 0.2) is 65.8 Å². The van der Waals surface area contributed by atoms with Crippen LogP contribution in [0.25, 0.3) is 10.1 Å². The van der Waals surface area contributed by atoms with Gasteiger partial charge in [-0.15, -0.1) is 11.3 Å². The van der Waals surface area contributed by atoms with Crippen LogP contribution in [0.3, 0.4) is 0 Å². The third kappa shape index (κ3) is 5.42. The van der Waals surface area contributed by atoms with E-state index < -0.39 is 0 Å². The number of ether oxygens (including phenoxy) is 2. The predicted octanol–water partition coefficient (Wildman–Crippen LogP) is 7.21. The van der Waals surface area contributed by atoms with Crippen LogP contribution in [0.1, 0.15) is 20.8 Å². The molecule has 1 aromatic heterocycles. The molecule has 9 heteroatoms. The number of benzene rings is 3. The summed E-state index contributed by atoms with van der Waals surface area (Å²) in [4.78, 5) is 12.9. The number of amides is 1. The summed E-state index contributed by atoms with van der Waals surface area (Å²) in [5.41, 5.74) is 4.03. The Morgan fingerprint density at radius 3 is 2.64 bits per heavy atom. The molecule has 5 nitrogen and oxygen atoms in total. The van der Waals surface area contributed by atoms with Crippen molar-refractivity contribution in [1.29, 1.82) is 0 Å². The number of halogens is 3. The molecule has 1 amide bonds. The van der Waals surface area contributed by atoms with Gasteiger partial charge in [-0.05, 0) is 42.0 Å². The van der Waals surface area contributed by atoms with Gasteiger partial charge in [0.25, 0.3) is 5.91 Å². The molecule has 0 saturated carbocycles. The zero-order valence-electron chi connectivity index (χ0n) is 17.3. The minimum absolute atomic E-state index is 0.256. The van der Waals surface area contributed by atoms with Crippen LogP contribution in [-0.4, -0.2) is 19.2 Å². The number of hydrogen-bond donors (Lipinski definition) is 1. The molecule has 0 spiro atoms. The van der Waals surface area contributed by atoms with Crippen molar-refractivity contribution in [2.24, 2.45) is 5.10 Å². The maximum atomic E-state index is 12.5. The number of thiophene rings is 1. The highest BCUT2D eigenvalue weighted by Crippen LogP contribution is 2.35. The zero-order valence-corrected chi connectivity index (χ0v) is 20.4. The molecule has 0 aliphatic carbocycles. The smallest absolute Gasteiger partial charge is 0.283 e. The molecular weight excluding hydrogens is 503 g/mol. The van der Waals surface area contributed by atoms with Gasteiger partial charge in [0, 0.05) is 25.7 Å². The van der Waals surface area contributed by atoms with Gasteiger partial charge in [-0.2, -0.15) is 5.10 Å². The topological polar surface area (TPSA) is 59.9 Å². The summed E-state index contributed by atoms with van der Waals surface area (Å²) < 4.78 is 12.2. The van der Waals surface area contributed by atoms with Crippen LogP contribution in [0.4, 0.5) is 0 Å². The number of carbonyl (C=O) groups excluding carboxylic acids is 1. The summed E-state index contributed by atoms with van der Waals surface area (Å²) in [6, 6.07) is 18.1. The molecule has 4 aromatic rings. The maximum absolute atomic E-state index is 12.5. The van der Waals surface area contributed by atoms with E-state index in [1.165, 1.54) is 17.6 Å². The molecule has 33 heavy (non-hydrogen) atoms. The Labute approximate surface area is 209 Å². The van der Waals surface area contributed by atoms with Crippen LogP contribution in [-0.2, 0) is 6.61 Å². The quantitative estimate of drug-likeness (QED) is 0.207. The molecule has 0 unspecified atom stereocenters. The number of rotatable bonds is 7. The van der Waals surface area contributed by atoms with E-state index in [-0.39, 0.29) is 12.5 Å². The van der Waals surface area contributed by atoms with Gasteiger partial charge in [0.15, 0.2) is 11.5 Å². The lowest BCUT2D eigenvalue weighted by atomic mass is 10.2. The Morgan fingerprint density at radius 2 is 1.88 bits per heavy atom. The third-order valence-corrected chi connectivity index (χ3v) is 6.97. The number of hydrogen-bond acceptors (Lipinski definition) is 5. The summed E-state index contributed by atoms with van der Waals surface area (Å²) in [5.74, 6) is 0.689. The van der Waals surface area contributed by atoms with Gasteiger partial charge in [-0.3, -0.25) is 4.79 Å². The van der Waals surface area contributed by atoms with Crippen molar-refractivity contribution in [1.82, 2.24) is 5.43 Å². The van der Waals surface area contributed by atoms with Crippen LogP contribution in [0, 0.1) is 0 Å². The second kappa shape index (κ2) is 10.4. The molecule has 0 aliphatic heterocycles. The third-order valence-electron chi connectivity index (χ3n) is 4.71. The molecule has 168 valence electrons. The summed E-state index contributed by atoms with van der Waals surface area (Å²) in [6.07, 6.45) is 1.52. The summed E-state index contributed by atoms with van der Waals surface area (Å²) in [6.45, 7) is 0.256. The van der Waals surface area contributed by atoms with E-state index in [4.69, 9.17) is 44.3 Å². The SMILES string of the molecule is COc1cc(/C=N/NC(=O)c2sc3ccccc3c2Cl)ccc1OCc1ccc(Cl)cc1Cl. The average molecular weight is 520 g/mol. The Kier molecular flexibility index (Phi) is 7.40. The van der Waals surface area contributed by atoms with Crippen molar-refractivity contribution < 1.29 is 14.3 Å². The molecule has 0 fully saturated rings. The molecule has 3 aromatic carbocycles. The molecule has 1 N–H and O–H groups in total. The first-order valence-corrected chi connectivity index (χ1v) is 11.7. The highest BCUT2D eigenvalue weighted by atomic mass is 35.5.